The number of para-hydroxylation sites is 2. The normalized spacial score (nSPS) is 12.8. The Balaban J connectivity index is 2.04. The molecule has 4 heteroatoms. The van der Waals surface area contributed by atoms with E-state index in [-0.39, 0.29) is 0 Å². The molecule has 3 N–H and O–H groups in total. The molecule has 0 bridgehead atoms. The van der Waals surface area contributed by atoms with Crippen molar-refractivity contribution in [3.63, 3.8) is 0 Å². The van der Waals surface area contributed by atoms with Gasteiger partial charge in [-0.25, -0.2) is 4.98 Å². The predicted molar refractivity (Wildman–Crippen MR) is 69.5 cm³/mol. The van der Waals surface area contributed by atoms with E-state index in [2.05, 4.69) is 22.2 Å². The average Bonchev–Trinajstić information content (AvgIpc) is 2.36. The maximum atomic E-state index is 5.50. The summed E-state index contributed by atoms with van der Waals surface area (Å²) in [5.74, 6) is 0. The highest BCUT2D eigenvalue weighted by Gasteiger charge is 2.02. The van der Waals surface area contributed by atoms with Crippen LogP contribution in [0.15, 0.2) is 30.5 Å². The first-order valence-corrected chi connectivity index (χ1v) is 5.93. The fraction of sp³-hybridized carbons (Fsp3) is 0.385. The Hall–Kier alpha value is -1.52. The molecule has 2 rings (SSSR count). The molecule has 17 heavy (non-hydrogen) atoms. The fourth-order valence-corrected chi connectivity index (χ4v) is 1.71. The predicted octanol–water partition coefficient (Wildman–Crippen LogP) is 1.46. The minimum atomic E-state index is 0.410. The summed E-state index contributed by atoms with van der Waals surface area (Å²) in [6, 6.07) is 8.31. The number of aromatic nitrogens is 2. The Kier molecular flexibility index (Phi) is 4.01. The van der Waals surface area contributed by atoms with Gasteiger partial charge in [-0.3, -0.25) is 4.98 Å². The van der Waals surface area contributed by atoms with Crippen molar-refractivity contribution in [1.29, 1.82) is 0 Å². The third kappa shape index (κ3) is 3.22. The van der Waals surface area contributed by atoms with Gasteiger partial charge in [-0.15, -0.1) is 0 Å². The van der Waals surface area contributed by atoms with Crippen LogP contribution in [0.2, 0.25) is 0 Å². The van der Waals surface area contributed by atoms with Gasteiger partial charge < -0.3 is 11.1 Å². The van der Waals surface area contributed by atoms with E-state index in [1.54, 1.807) is 0 Å². The van der Waals surface area contributed by atoms with Gasteiger partial charge in [-0.05, 0) is 32.0 Å². The Morgan fingerprint density at radius 3 is 2.82 bits per heavy atom. The van der Waals surface area contributed by atoms with Crippen LogP contribution >= 0.6 is 0 Å². The summed E-state index contributed by atoms with van der Waals surface area (Å²) in [5.41, 5.74) is 8.35. The van der Waals surface area contributed by atoms with Gasteiger partial charge in [0.25, 0.3) is 0 Å². The number of hydrogen-bond donors (Lipinski definition) is 2. The number of nitrogens with one attached hydrogen (secondary N) is 1. The molecule has 90 valence electrons. The van der Waals surface area contributed by atoms with E-state index in [0.29, 0.717) is 12.6 Å². The topological polar surface area (TPSA) is 63.8 Å². The third-order valence-corrected chi connectivity index (χ3v) is 2.73. The molecule has 0 saturated carbocycles. The molecule has 0 radical (unpaired) electrons. The minimum absolute atomic E-state index is 0.410. The van der Waals surface area contributed by atoms with Crippen molar-refractivity contribution >= 4 is 11.0 Å². The second-order valence-corrected chi connectivity index (χ2v) is 4.21. The van der Waals surface area contributed by atoms with Crippen LogP contribution in [-0.4, -0.2) is 22.6 Å². The number of fused-ring (bicyclic) bond motifs is 1. The van der Waals surface area contributed by atoms with E-state index in [1.807, 2.05) is 30.5 Å². The molecule has 4 nitrogen and oxygen atoms in total. The Morgan fingerprint density at radius 2 is 2.06 bits per heavy atom. The largest absolute Gasteiger partial charge is 0.330 e. The van der Waals surface area contributed by atoms with Crippen molar-refractivity contribution in [2.24, 2.45) is 5.73 Å². The molecule has 1 atom stereocenters. The minimum Gasteiger partial charge on any atom is -0.330 e. The van der Waals surface area contributed by atoms with Crippen LogP contribution in [0.4, 0.5) is 0 Å². The first kappa shape index (κ1) is 12.0. The van der Waals surface area contributed by atoms with Crippen molar-refractivity contribution in [1.82, 2.24) is 15.3 Å². The third-order valence-electron chi connectivity index (χ3n) is 2.73. The molecule has 2 aromatic rings. The maximum Gasteiger partial charge on any atom is 0.0890 e. The molecule has 0 aliphatic carbocycles. The van der Waals surface area contributed by atoms with Crippen LogP contribution in [0.3, 0.4) is 0 Å². The highest BCUT2D eigenvalue weighted by Crippen LogP contribution is 2.08. The smallest absolute Gasteiger partial charge is 0.0890 e. The Labute approximate surface area is 101 Å². The molecule has 0 aliphatic rings. The van der Waals surface area contributed by atoms with Gasteiger partial charge in [0.1, 0.15) is 0 Å². The molecule has 1 aromatic carbocycles. The summed E-state index contributed by atoms with van der Waals surface area (Å²) in [5, 5.41) is 3.38. The van der Waals surface area contributed by atoms with Crippen molar-refractivity contribution in [2.75, 3.05) is 6.54 Å². The molecule has 0 amide bonds. The van der Waals surface area contributed by atoms with E-state index >= 15 is 0 Å². The summed E-state index contributed by atoms with van der Waals surface area (Å²) >= 11 is 0. The lowest BCUT2D eigenvalue weighted by Gasteiger charge is -2.11. The number of nitrogens with zero attached hydrogens (tertiary/aromatic N) is 2. The molecule has 1 aromatic heterocycles. The summed E-state index contributed by atoms with van der Waals surface area (Å²) in [4.78, 5) is 8.93. The van der Waals surface area contributed by atoms with Gasteiger partial charge in [-0.1, -0.05) is 12.1 Å². The summed E-state index contributed by atoms with van der Waals surface area (Å²) < 4.78 is 0. The molecule has 0 saturated heterocycles. The maximum absolute atomic E-state index is 5.50. The SMILES string of the molecule is CC(CCN)NCc1cnc2ccccc2n1. The summed E-state index contributed by atoms with van der Waals surface area (Å²) in [6.07, 6.45) is 2.80. The van der Waals surface area contributed by atoms with Crippen LogP contribution in [0.25, 0.3) is 11.0 Å². The zero-order valence-corrected chi connectivity index (χ0v) is 10.1. The molecule has 1 heterocycles. The highest BCUT2D eigenvalue weighted by atomic mass is 14.9. The fourth-order valence-electron chi connectivity index (χ4n) is 1.71. The van der Waals surface area contributed by atoms with Crippen molar-refractivity contribution < 1.29 is 0 Å². The molecule has 1 unspecified atom stereocenters. The van der Waals surface area contributed by atoms with Gasteiger partial charge in [0, 0.05) is 12.6 Å². The van der Waals surface area contributed by atoms with Gasteiger partial charge in [0.2, 0.25) is 0 Å². The van der Waals surface area contributed by atoms with Gasteiger partial charge in [0.15, 0.2) is 0 Å². The summed E-state index contributed by atoms with van der Waals surface area (Å²) in [7, 11) is 0. The van der Waals surface area contributed by atoms with Crippen LogP contribution in [-0.2, 0) is 6.54 Å². The van der Waals surface area contributed by atoms with Crippen LogP contribution in [0, 0.1) is 0 Å². The quantitative estimate of drug-likeness (QED) is 0.816. The van der Waals surface area contributed by atoms with Gasteiger partial charge in [-0.2, -0.15) is 0 Å². The Morgan fingerprint density at radius 1 is 1.29 bits per heavy atom. The molecule has 0 spiro atoms. The van der Waals surface area contributed by atoms with E-state index in [1.165, 1.54) is 0 Å². The lowest BCUT2D eigenvalue weighted by Crippen LogP contribution is -2.28. The van der Waals surface area contributed by atoms with Crippen molar-refractivity contribution in [3.8, 4) is 0 Å². The number of nitrogens with two attached hydrogens (primary N) is 1. The van der Waals surface area contributed by atoms with Gasteiger partial charge in [0.05, 0.1) is 22.9 Å². The second kappa shape index (κ2) is 5.70. The van der Waals surface area contributed by atoms with E-state index in [9.17, 15) is 0 Å². The van der Waals surface area contributed by atoms with Crippen molar-refractivity contribution in [2.45, 2.75) is 25.9 Å². The zero-order chi connectivity index (χ0) is 12.1. The molecule has 0 aliphatic heterocycles. The van der Waals surface area contributed by atoms with Crippen LogP contribution in [0.1, 0.15) is 19.0 Å². The summed E-state index contributed by atoms with van der Waals surface area (Å²) in [6.45, 7) is 3.57. The molecular weight excluding hydrogens is 212 g/mol. The first-order chi connectivity index (χ1) is 8.29. The average molecular weight is 230 g/mol. The van der Waals surface area contributed by atoms with E-state index < -0.39 is 0 Å². The van der Waals surface area contributed by atoms with Crippen LogP contribution in [0.5, 0.6) is 0 Å². The number of benzene rings is 1. The monoisotopic (exact) mass is 230 g/mol. The standard InChI is InChI=1S/C13H18N4/c1-10(6-7-14)15-8-11-9-16-12-4-2-3-5-13(12)17-11/h2-5,9-10,15H,6-8,14H2,1H3. The number of hydrogen-bond acceptors (Lipinski definition) is 4. The van der Waals surface area contributed by atoms with Crippen LogP contribution < -0.4 is 11.1 Å². The zero-order valence-electron chi connectivity index (χ0n) is 10.1. The molecule has 0 fully saturated rings. The Bertz CT molecular complexity index is 484. The second-order valence-electron chi connectivity index (χ2n) is 4.21. The van der Waals surface area contributed by atoms with E-state index in [0.717, 1.165) is 29.7 Å². The highest BCUT2D eigenvalue weighted by molar-refractivity contribution is 5.73. The lowest BCUT2D eigenvalue weighted by atomic mass is 10.2. The van der Waals surface area contributed by atoms with Crippen molar-refractivity contribution in [3.05, 3.63) is 36.2 Å². The molecular formula is C13H18N4. The van der Waals surface area contributed by atoms with E-state index in [4.69, 9.17) is 5.73 Å². The number of rotatable bonds is 5. The first-order valence-electron chi connectivity index (χ1n) is 5.93. The lowest BCUT2D eigenvalue weighted by molar-refractivity contribution is 0.515. The van der Waals surface area contributed by atoms with Gasteiger partial charge >= 0.3 is 0 Å².